The number of nitrogens with one attached hydrogen (secondary N) is 2. The summed E-state index contributed by atoms with van der Waals surface area (Å²) in [5.74, 6) is 0. The van der Waals surface area contributed by atoms with Crippen molar-refractivity contribution in [3.05, 3.63) is 28.2 Å². The van der Waals surface area contributed by atoms with Crippen LogP contribution in [0.2, 0.25) is 0 Å². The molecule has 1 aromatic rings. The molecule has 0 radical (unpaired) electrons. The first-order valence-electron chi connectivity index (χ1n) is 6.42. The average Bonchev–Trinajstić information content (AvgIpc) is 2.31. The third-order valence-electron chi connectivity index (χ3n) is 3.45. The van der Waals surface area contributed by atoms with Crippen LogP contribution in [0.5, 0.6) is 0 Å². The maximum Gasteiger partial charge on any atom is 0.241 e. The van der Waals surface area contributed by atoms with Crippen LogP contribution in [0, 0.1) is 6.92 Å². The zero-order chi connectivity index (χ0) is 14.0. The van der Waals surface area contributed by atoms with E-state index >= 15 is 0 Å². The van der Waals surface area contributed by atoms with E-state index in [4.69, 9.17) is 0 Å². The van der Waals surface area contributed by atoms with E-state index in [-0.39, 0.29) is 12.1 Å². The molecule has 0 amide bonds. The fraction of sp³-hybridized carbons (Fsp3) is 0.538. The van der Waals surface area contributed by atoms with Crippen LogP contribution in [0.15, 0.2) is 27.6 Å². The lowest BCUT2D eigenvalue weighted by molar-refractivity contribution is 0.349. The van der Waals surface area contributed by atoms with Crippen molar-refractivity contribution in [2.75, 3.05) is 6.54 Å². The second-order valence-electron chi connectivity index (χ2n) is 5.05. The molecular formula is C13H19BrN2O2S. The normalized spacial score (nSPS) is 24.4. The van der Waals surface area contributed by atoms with Gasteiger partial charge in [-0.2, -0.15) is 0 Å². The monoisotopic (exact) mass is 346 g/mol. The van der Waals surface area contributed by atoms with Gasteiger partial charge in [-0.3, -0.25) is 0 Å². The molecule has 106 valence electrons. The molecule has 0 bridgehead atoms. The molecule has 2 rings (SSSR count). The molecular weight excluding hydrogens is 328 g/mol. The second kappa shape index (κ2) is 5.91. The first-order chi connectivity index (χ1) is 8.90. The first kappa shape index (κ1) is 15.0. The summed E-state index contributed by atoms with van der Waals surface area (Å²) >= 11 is 3.33. The van der Waals surface area contributed by atoms with Crippen LogP contribution in [-0.4, -0.2) is 27.0 Å². The first-order valence-corrected chi connectivity index (χ1v) is 8.69. The number of hydrogen-bond acceptors (Lipinski definition) is 3. The zero-order valence-electron chi connectivity index (χ0n) is 11.1. The Morgan fingerprint density at radius 2 is 2.16 bits per heavy atom. The number of piperidine rings is 1. The lowest BCUT2D eigenvalue weighted by Crippen LogP contribution is -2.51. The Morgan fingerprint density at radius 1 is 1.42 bits per heavy atom. The van der Waals surface area contributed by atoms with Gasteiger partial charge in [-0.1, -0.05) is 6.07 Å². The molecule has 1 heterocycles. The van der Waals surface area contributed by atoms with Crippen LogP contribution in [0.4, 0.5) is 0 Å². The summed E-state index contributed by atoms with van der Waals surface area (Å²) in [6.45, 7) is 4.89. The van der Waals surface area contributed by atoms with Crippen molar-refractivity contribution in [2.45, 2.75) is 43.7 Å². The summed E-state index contributed by atoms with van der Waals surface area (Å²) < 4.78 is 28.2. The van der Waals surface area contributed by atoms with Gasteiger partial charge in [-0.05, 0) is 66.9 Å². The molecule has 1 fully saturated rings. The average molecular weight is 347 g/mol. The lowest BCUT2D eigenvalue weighted by Gasteiger charge is -2.30. The Kier molecular flexibility index (Phi) is 4.66. The van der Waals surface area contributed by atoms with Crippen LogP contribution in [0.3, 0.4) is 0 Å². The van der Waals surface area contributed by atoms with E-state index in [1.807, 2.05) is 26.0 Å². The largest absolute Gasteiger partial charge is 0.313 e. The molecule has 2 atom stereocenters. The number of halogens is 1. The van der Waals surface area contributed by atoms with Gasteiger partial charge in [0.2, 0.25) is 10.0 Å². The Hall–Kier alpha value is -0.430. The van der Waals surface area contributed by atoms with E-state index in [2.05, 4.69) is 26.0 Å². The van der Waals surface area contributed by atoms with Gasteiger partial charge in [-0.15, -0.1) is 0 Å². The van der Waals surface area contributed by atoms with Crippen LogP contribution >= 0.6 is 15.9 Å². The third-order valence-corrected chi connectivity index (χ3v) is 5.91. The molecule has 0 aromatic heterocycles. The molecule has 2 unspecified atom stereocenters. The van der Waals surface area contributed by atoms with Gasteiger partial charge in [0.05, 0.1) is 4.90 Å². The Bertz CT molecular complexity index is 560. The van der Waals surface area contributed by atoms with Gasteiger partial charge in [0.25, 0.3) is 0 Å². The highest BCUT2D eigenvalue weighted by Crippen LogP contribution is 2.24. The summed E-state index contributed by atoms with van der Waals surface area (Å²) in [7, 11) is -3.48. The molecule has 1 aromatic carbocycles. The molecule has 0 saturated carbocycles. The molecule has 1 saturated heterocycles. The van der Waals surface area contributed by atoms with Crippen molar-refractivity contribution in [1.82, 2.24) is 10.0 Å². The molecule has 19 heavy (non-hydrogen) atoms. The number of aryl methyl sites for hydroxylation is 1. The van der Waals surface area contributed by atoms with Gasteiger partial charge in [0.15, 0.2) is 0 Å². The summed E-state index contributed by atoms with van der Waals surface area (Å²) in [4.78, 5) is 0.302. The molecule has 0 aliphatic carbocycles. The second-order valence-corrected chi connectivity index (χ2v) is 7.58. The van der Waals surface area contributed by atoms with E-state index < -0.39 is 10.0 Å². The number of benzene rings is 1. The van der Waals surface area contributed by atoms with Crippen LogP contribution in [0.25, 0.3) is 0 Å². The standard InChI is InChI=1S/C13H19BrN2O2S/c1-9-5-6-13(11(14)8-9)19(17,18)16-12-4-3-7-15-10(12)2/h5-6,8,10,12,15-16H,3-4,7H2,1-2H3. The van der Waals surface area contributed by atoms with Gasteiger partial charge < -0.3 is 5.32 Å². The summed E-state index contributed by atoms with van der Waals surface area (Å²) in [6.07, 6.45) is 1.86. The van der Waals surface area contributed by atoms with E-state index in [0.717, 1.165) is 24.9 Å². The van der Waals surface area contributed by atoms with Gasteiger partial charge in [0, 0.05) is 16.6 Å². The van der Waals surface area contributed by atoms with Gasteiger partial charge in [0.1, 0.15) is 0 Å². The predicted octanol–water partition coefficient (Wildman–Crippen LogP) is 2.18. The molecule has 2 N–H and O–H groups in total. The minimum Gasteiger partial charge on any atom is -0.313 e. The lowest BCUT2D eigenvalue weighted by atomic mass is 10.0. The number of rotatable bonds is 3. The SMILES string of the molecule is Cc1ccc(S(=O)(=O)NC2CCCNC2C)c(Br)c1. The third kappa shape index (κ3) is 3.56. The zero-order valence-corrected chi connectivity index (χ0v) is 13.5. The van der Waals surface area contributed by atoms with Crippen molar-refractivity contribution in [2.24, 2.45) is 0 Å². The quantitative estimate of drug-likeness (QED) is 0.881. The molecule has 6 heteroatoms. The molecule has 1 aliphatic rings. The number of hydrogen-bond donors (Lipinski definition) is 2. The fourth-order valence-electron chi connectivity index (χ4n) is 2.29. The van der Waals surface area contributed by atoms with Crippen LogP contribution in [0.1, 0.15) is 25.3 Å². The maximum absolute atomic E-state index is 12.4. The van der Waals surface area contributed by atoms with E-state index in [0.29, 0.717) is 9.37 Å². The van der Waals surface area contributed by atoms with E-state index in [9.17, 15) is 8.42 Å². The summed E-state index contributed by atoms with van der Waals surface area (Å²) in [5.41, 5.74) is 1.03. The minimum atomic E-state index is -3.48. The van der Waals surface area contributed by atoms with Crippen molar-refractivity contribution < 1.29 is 8.42 Å². The van der Waals surface area contributed by atoms with E-state index in [1.54, 1.807) is 6.07 Å². The van der Waals surface area contributed by atoms with Gasteiger partial charge >= 0.3 is 0 Å². The fourth-order valence-corrected chi connectivity index (χ4v) is 4.83. The van der Waals surface area contributed by atoms with Crippen LogP contribution < -0.4 is 10.0 Å². The van der Waals surface area contributed by atoms with Crippen molar-refractivity contribution in [1.29, 1.82) is 0 Å². The smallest absolute Gasteiger partial charge is 0.241 e. The highest BCUT2D eigenvalue weighted by molar-refractivity contribution is 9.10. The molecule has 1 aliphatic heterocycles. The van der Waals surface area contributed by atoms with Crippen molar-refractivity contribution in [3.63, 3.8) is 0 Å². The Balaban J connectivity index is 2.22. The highest BCUT2D eigenvalue weighted by Gasteiger charge is 2.27. The van der Waals surface area contributed by atoms with Crippen molar-refractivity contribution >= 4 is 26.0 Å². The topological polar surface area (TPSA) is 58.2 Å². The summed E-state index contributed by atoms with van der Waals surface area (Å²) in [5, 5.41) is 3.29. The van der Waals surface area contributed by atoms with Crippen LogP contribution in [-0.2, 0) is 10.0 Å². The van der Waals surface area contributed by atoms with Crippen molar-refractivity contribution in [3.8, 4) is 0 Å². The highest BCUT2D eigenvalue weighted by atomic mass is 79.9. The Morgan fingerprint density at radius 3 is 2.79 bits per heavy atom. The molecule has 4 nitrogen and oxygen atoms in total. The summed E-state index contributed by atoms with van der Waals surface area (Å²) in [6, 6.07) is 5.38. The predicted molar refractivity (Wildman–Crippen MR) is 79.7 cm³/mol. The van der Waals surface area contributed by atoms with Gasteiger partial charge in [-0.25, -0.2) is 13.1 Å². The number of sulfonamides is 1. The maximum atomic E-state index is 12.4. The van der Waals surface area contributed by atoms with E-state index in [1.165, 1.54) is 0 Å². The minimum absolute atomic E-state index is 0.0491. The molecule has 0 spiro atoms. The Labute approximate surface area is 123 Å².